The number of amides is 1. The van der Waals surface area contributed by atoms with E-state index in [1.165, 1.54) is 11.8 Å². The molecule has 40 heavy (non-hydrogen) atoms. The molecule has 4 rings (SSSR count). The van der Waals surface area contributed by atoms with E-state index in [4.69, 9.17) is 21.1 Å². The van der Waals surface area contributed by atoms with Crippen LogP contribution in [0.25, 0.3) is 5.76 Å². The zero-order valence-corrected chi connectivity index (χ0v) is 24.6. The molecule has 3 aromatic rings. The van der Waals surface area contributed by atoms with E-state index >= 15 is 0 Å². The van der Waals surface area contributed by atoms with Gasteiger partial charge in [0.1, 0.15) is 5.76 Å². The molecule has 0 bridgehead atoms. The third-order valence-corrected chi connectivity index (χ3v) is 7.92. The molecule has 1 fully saturated rings. The fourth-order valence-electron chi connectivity index (χ4n) is 4.41. The van der Waals surface area contributed by atoms with Gasteiger partial charge in [0.15, 0.2) is 22.4 Å². The van der Waals surface area contributed by atoms with E-state index in [0.29, 0.717) is 57.4 Å². The van der Waals surface area contributed by atoms with Crippen molar-refractivity contribution in [2.24, 2.45) is 5.92 Å². The van der Waals surface area contributed by atoms with Gasteiger partial charge >= 0.3 is 5.91 Å². The van der Waals surface area contributed by atoms with E-state index in [0.717, 1.165) is 17.8 Å². The van der Waals surface area contributed by atoms with Crippen LogP contribution in [0, 0.1) is 12.8 Å². The highest BCUT2D eigenvalue weighted by atomic mass is 35.5. The third kappa shape index (κ3) is 5.90. The first-order valence-corrected chi connectivity index (χ1v) is 14.2. The predicted octanol–water partition coefficient (Wildman–Crippen LogP) is 6.76. The van der Waals surface area contributed by atoms with E-state index in [1.54, 1.807) is 49.4 Å². The first kappa shape index (κ1) is 29.3. The lowest BCUT2D eigenvalue weighted by Crippen LogP contribution is -2.29. The molecule has 1 aliphatic rings. The van der Waals surface area contributed by atoms with E-state index in [1.807, 2.05) is 6.92 Å². The number of thiazole rings is 1. The molecular weight excluding hydrogens is 552 g/mol. The Morgan fingerprint density at radius 1 is 1.12 bits per heavy atom. The number of carbonyl (C=O) groups is 3. The molecule has 8 nitrogen and oxygen atoms in total. The minimum absolute atomic E-state index is 0.111. The van der Waals surface area contributed by atoms with E-state index < -0.39 is 17.7 Å². The Hall–Kier alpha value is -3.69. The molecule has 1 unspecified atom stereocenters. The number of anilines is 1. The van der Waals surface area contributed by atoms with Gasteiger partial charge in [-0.3, -0.25) is 19.3 Å². The monoisotopic (exact) mass is 582 g/mol. The highest BCUT2D eigenvalue weighted by Gasteiger charge is 2.48. The molecule has 2 aromatic carbocycles. The topological polar surface area (TPSA) is 106 Å². The van der Waals surface area contributed by atoms with E-state index in [9.17, 15) is 19.5 Å². The summed E-state index contributed by atoms with van der Waals surface area (Å²) in [6.07, 6.45) is 0.858. The summed E-state index contributed by atoms with van der Waals surface area (Å²) in [7, 11) is 0. The summed E-state index contributed by atoms with van der Waals surface area (Å²) in [5, 5.41) is 12.0. The van der Waals surface area contributed by atoms with Gasteiger partial charge in [0.2, 0.25) is 0 Å². The van der Waals surface area contributed by atoms with Crippen LogP contribution < -0.4 is 14.4 Å². The van der Waals surface area contributed by atoms with Crippen LogP contribution in [0.4, 0.5) is 5.13 Å². The van der Waals surface area contributed by atoms with Crippen LogP contribution in [0.3, 0.4) is 0 Å². The van der Waals surface area contributed by atoms with Crippen molar-refractivity contribution >= 4 is 51.3 Å². The fraction of sp³-hybridized carbons (Fsp3) is 0.333. The molecule has 0 spiro atoms. The molecule has 10 heteroatoms. The smallest absolute Gasteiger partial charge is 0.301 e. The van der Waals surface area contributed by atoms with Crippen molar-refractivity contribution in [2.75, 3.05) is 18.1 Å². The van der Waals surface area contributed by atoms with Gasteiger partial charge in [0.25, 0.3) is 5.78 Å². The van der Waals surface area contributed by atoms with E-state index in [-0.39, 0.29) is 22.2 Å². The SMILES string of the molecule is CCOc1cc(C2C(=C(O)c3ccc(Cl)cc3)C(=O)C(=O)N2c2nc(C)c(C(C)=O)s2)ccc1OCCC(C)C. The Labute approximate surface area is 242 Å². The number of aromatic nitrogens is 1. The largest absolute Gasteiger partial charge is 0.507 e. The van der Waals surface area contributed by atoms with Gasteiger partial charge in [0, 0.05) is 17.5 Å². The van der Waals surface area contributed by atoms with Crippen molar-refractivity contribution in [3.05, 3.63) is 74.8 Å². The number of aryl methyl sites for hydroxylation is 1. The third-order valence-electron chi connectivity index (χ3n) is 6.41. The Bertz CT molecular complexity index is 1480. The molecular formula is C30H31ClN2O6S. The lowest BCUT2D eigenvalue weighted by molar-refractivity contribution is -0.132. The predicted molar refractivity (Wildman–Crippen MR) is 156 cm³/mol. The number of ketones is 2. The van der Waals surface area contributed by atoms with Gasteiger partial charge in [-0.2, -0.15) is 0 Å². The summed E-state index contributed by atoms with van der Waals surface area (Å²) in [5.74, 6) is -0.839. The van der Waals surface area contributed by atoms with Gasteiger partial charge in [0.05, 0.1) is 35.4 Å². The van der Waals surface area contributed by atoms with Gasteiger partial charge in [-0.15, -0.1) is 0 Å². The zero-order chi connectivity index (χ0) is 29.1. The molecule has 1 aromatic heterocycles. The number of nitrogens with zero attached hydrogens (tertiary/aromatic N) is 2. The van der Waals surface area contributed by atoms with Gasteiger partial charge in [-0.25, -0.2) is 4.98 Å². The van der Waals surface area contributed by atoms with Gasteiger partial charge in [-0.05, 0) is 68.1 Å². The number of carbonyl (C=O) groups excluding carboxylic acids is 3. The highest BCUT2D eigenvalue weighted by Crippen LogP contribution is 2.45. The summed E-state index contributed by atoms with van der Waals surface area (Å²) in [4.78, 5) is 45.2. The van der Waals surface area contributed by atoms with Crippen molar-refractivity contribution < 1.29 is 29.0 Å². The average Bonchev–Trinajstić information content (AvgIpc) is 3.41. The number of Topliss-reactive ketones (excluding diaryl/α,β-unsaturated/α-hetero) is 2. The second-order valence-electron chi connectivity index (χ2n) is 9.81. The second-order valence-corrected chi connectivity index (χ2v) is 11.2. The number of aliphatic hydroxyl groups excluding tert-OH is 1. The summed E-state index contributed by atoms with van der Waals surface area (Å²) >= 11 is 7.05. The molecule has 0 radical (unpaired) electrons. The molecule has 1 atom stereocenters. The Kier molecular flexibility index (Phi) is 8.95. The van der Waals surface area contributed by atoms with Gasteiger partial charge in [-0.1, -0.05) is 42.9 Å². The number of hydrogen-bond donors (Lipinski definition) is 1. The number of ether oxygens (including phenoxy) is 2. The molecule has 0 aliphatic carbocycles. The highest BCUT2D eigenvalue weighted by molar-refractivity contribution is 7.18. The molecule has 1 N–H and O–H groups in total. The van der Waals surface area contributed by atoms with Crippen LogP contribution in [-0.4, -0.2) is 40.8 Å². The molecule has 1 amide bonds. The maximum atomic E-state index is 13.5. The van der Waals surface area contributed by atoms with Crippen molar-refractivity contribution in [1.29, 1.82) is 0 Å². The maximum Gasteiger partial charge on any atom is 0.301 e. The lowest BCUT2D eigenvalue weighted by atomic mass is 9.95. The molecule has 2 heterocycles. The summed E-state index contributed by atoms with van der Waals surface area (Å²) in [6.45, 7) is 10.0. The fourth-order valence-corrected chi connectivity index (χ4v) is 5.52. The molecule has 1 saturated heterocycles. The maximum absolute atomic E-state index is 13.5. The number of benzene rings is 2. The second kappa shape index (κ2) is 12.2. The first-order valence-electron chi connectivity index (χ1n) is 13.0. The van der Waals surface area contributed by atoms with Crippen LogP contribution in [0.1, 0.15) is 66.7 Å². The van der Waals surface area contributed by atoms with Crippen LogP contribution >= 0.6 is 22.9 Å². The minimum Gasteiger partial charge on any atom is -0.507 e. The van der Waals surface area contributed by atoms with Crippen LogP contribution in [-0.2, 0) is 9.59 Å². The summed E-state index contributed by atoms with van der Waals surface area (Å²) < 4.78 is 11.9. The lowest BCUT2D eigenvalue weighted by Gasteiger charge is -2.24. The van der Waals surface area contributed by atoms with Crippen LogP contribution in [0.5, 0.6) is 11.5 Å². The standard InChI is InChI=1S/C30H31ClN2O6S/c1-6-38-23-15-20(9-12-22(23)39-14-13-16(2)3)25-24(26(35)19-7-10-21(31)11-8-19)27(36)29(37)33(25)30-32-17(4)28(40-30)18(5)34/h7-12,15-16,25,35H,6,13-14H2,1-5H3. The molecule has 0 saturated carbocycles. The van der Waals surface area contributed by atoms with Crippen molar-refractivity contribution in [3.63, 3.8) is 0 Å². The van der Waals surface area contributed by atoms with Crippen molar-refractivity contribution in [3.8, 4) is 11.5 Å². The number of hydrogen-bond acceptors (Lipinski definition) is 8. The summed E-state index contributed by atoms with van der Waals surface area (Å²) in [6, 6.07) is 10.4. The number of halogens is 1. The quantitative estimate of drug-likeness (QED) is 0.122. The minimum atomic E-state index is -1.04. The van der Waals surface area contributed by atoms with Crippen molar-refractivity contribution in [2.45, 2.75) is 47.1 Å². The van der Waals surface area contributed by atoms with Crippen molar-refractivity contribution in [1.82, 2.24) is 4.98 Å². The number of rotatable bonds is 10. The molecule has 210 valence electrons. The molecule has 1 aliphatic heterocycles. The van der Waals surface area contributed by atoms with E-state index in [2.05, 4.69) is 18.8 Å². The Morgan fingerprint density at radius 3 is 2.42 bits per heavy atom. The van der Waals surface area contributed by atoms with Gasteiger partial charge < -0.3 is 14.6 Å². The summed E-state index contributed by atoms with van der Waals surface area (Å²) in [5.41, 5.74) is 1.17. The normalized spacial score (nSPS) is 16.6. The Balaban J connectivity index is 1.90. The first-order chi connectivity index (χ1) is 19.0. The zero-order valence-electron chi connectivity index (χ0n) is 23.0. The van der Waals surface area contributed by atoms with Crippen LogP contribution in [0.2, 0.25) is 5.02 Å². The number of aliphatic hydroxyl groups is 1. The Morgan fingerprint density at radius 2 is 1.82 bits per heavy atom. The average molecular weight is 583 g/mol. The van der Waals surface area contributed by atoms with Crippen LogP contribution in [0.15, 0.2) is 48.0 Å².